The van der Waals surface area contributed by atoms with E-state index in [2.05, 4.69) is 377 Å². The van der Waals surface area contributed by atoms with E-state index in [1.165, 1.54) is 44.5 Å². The van der Waals surface area contributed by atoms with Gasteiger partial charge in [-0.15, -0.1) is 0 Å². The van der Waals surface area contributed by atoms with Crippen LogP contribution in [0.2, 0.25) is 0 Å². The SMILES string of the molecule is Cc1ccc(N(c2cccc(C)c2)c2cc3c4cc(N(c5ccc(C)cc5)c5cccc(CCc6cccc(N(c7ccccc7C)c7cc8c9cc(N(c%10cccc(C)c%10)c%10ccccc%10C)c%10ccccc%10c9oc8c8ccccc78)c6)c5)c5ccccc5c4oc3c3ccccc23)cc1. The van der Waals surface area contributed by atoms with Crippen LogP contribution in [0.3, 0.4) is 0 Å². The van der Waals surface area contributed by atoms with Gasteiger partial charge in [-0.05, 0) is 197 Å². The number of para-hydroxylation sites is 2. The fourth-order valence-electron chi connectivity index (χ4n) is 15.7. The molecule has 0 amide bonds. The lowest BCUT2D eigenvalue weighted by molar-refractivity contribution is 0.676. The third-order valence-corrected chi connectivity index (χ3v) is 20.7. The van der Waals surface area contributed by atoms with Crippen molar-refractivity contribution in [1.82, 2.24) is 0 Å². The lowest BCUT2D eigenvalue weighted by Crippen LogP contribution is -2.12. The Morgan fingerprint density at radius 3 is 0.824 bits per heavy atom. The van der Waals surface area contributed by atoms with Gasteiger partial charge in [-0.25, -0.2) is 0 Å². The molecule has 0 fully saturated rings. The summed E-state index contributed by atoms with van der Waals surface area (Å²) in [6, 6.07) is 116. The summed E-state index contributed by atoms with van der Waals surface area (Å²) in [5, 5.41) is 12.9. The van der Waals surface area contributed by atoms with Crippen LogP contribution in [0.4, 0.5) is 68.2 Å². The highest BCUT2D eigenvalue weighted by Crippen LogP contribution is 2.52. The number of benzene rings is 16. The summed E-state index contributed by atoms with van der Waals surface area (Å²) in [6.45, 7) is 13.1. The zero-order chi connectivity index (χ0) is 68.7. The Morgan fingerprint density at radius 1 is 0.196 bits per heavy atom. The molecule has 102 heavy (non-hydrogen) atoms. The number of nitrogens with zero attached hydrogens (tertiary/aromatic N) is 4. The van der Waals surface area contributed by atoms with Gasteiger partial charge in [0.2, 0.25) is 0 Å². The molecule has 0 atom stereocenters. The summed E-state index contributed by atoms with van der Waals surface area (Å²) < 4.78 is 14.5. The quantitative estimate of drug-likeness (QED) is 0.102. The van der Waals surface area contributed by atoms with Crippen molar-refractivity contribution in [2.45, 2.75) is 54.4 Å². The molecule has 0 N–H and O–H groups in total. The topological polar surface area (TPSA) is 39.2 Å². The van der Waals surface area contributed by atoms with Crippen LogP contribution in [0.15, 0.2) is 324 Å². The van der Waals surface area contributed by atoms with E-state index >= 15 is 0 Å². The van der Waals surface area contributed by atoms with Crippen molar-refractivity contribution in [3.63, 3.8) is 0 Å². The van der Waals surface area contributed by atoms with Gasteiger partial charge in [0.15, 0.2) is 0 Å². The highest BCUT2D eigenvalue weighted by atomic mass is 16.3. The summed E-state index contributed by atoms with van der Waals surface area (Å²) in [4.78, 5) is 9.77. The minimum absolute atomic E-state index is 0.818. The molecular weight excluding hydrogens is 1240 g/mol. The number of fused-ring (bicyclic) bond motifs is 14. The van der Waals surface area contributed by atoms with Gasteiger partial charge in [0, 0.05) is 110 Å². The predicted octanol–water partition coefficient (Wildman–Crippen LogP) is 27.6. The molecule has 0 aliphatic heterocycles. The van der Waals surface area contributed by atoms with E-state index in [1.807, 2.05) is 0 Å². The van der Waals surface area contributed by atoms with Crippen LogP contribution in [0, 0.1) is 41.5 Å². The molecule has 18 aromatic rings. The van der Waals surface area contributed by atoms with Crippen LogP contribution in [-0.4, -0.2) is 0 Å². The maximum atomic E-state index is 7.27. The Morgan fingerprint density at radius 2 is 0.480 bits per heavy atom. The summed E-state index contributed by atoms with van der Waals surface area (Å²) >= 11 is 0. The third kappa shape index (κ3) is 10.7. The Labute approximate surface area is 594 Å². The predicted molar refractivity (Wildman–Crippen MR) is 432 cm³/mol. The molecular formula is C96H74N4O2. The average Bonchev–Trinajstić information content (AvgIpc) is 1.54. The molecule has 0 saturated heterocycles. The minimum Gasteiger partial charge on any atom is -0.455 e. The zero-order valence-corrected chi connectivity index (χ0v) is 58.0. The molecule has 6 heteroatoms. The highest BCUT2D eigenvalue weighted by molar-refractivity contribution is 6.27. The van der Waals surface area contributed by atoms with Gasteiger partial charge in [-0.3, -0.25) is 0 Å². The second-order valence-electron chi connectivity index (χ2n) is 27.6. The number of hydrogen-bond donors (Lipinski definition) is 0. The second-order valence-corrected chi connectivity index (χ2v) is 27.6. The first-order valence-corrected chi connectivity index (χ1v) is 35.4. The maximum absolute atomic E-state index is 7.27. The van der Waals surface area contributed by atoms with Crippen LogP contribution in [0.5, 0.6) is 0 Å². The summed E-state index contributed by atoms with van der Waals surface area (Å²) in [6.07, 6.45) is 1.64. The molecule has 0 aliphatic rings. The van der Waals surface area contributed by atoms with Gasteiger partial charge in [-0.2, -0.15) is 0 Å². The lowest BCUT2D eigenvalue weighted by Gasteiger charge is -2.29. The normalized spacial score (nSPS) is 11.7. The fourth-order valence-corrected chi connectivity index (χ4v) is 15.7. The van der Waals surface area contributed by atoms with Gasteiger partial charge in [0.25, 0.3) is 0 Å². The Hall–Kier alpha value is -12.6. The van der Waals surface area contributed by atoms with Crippen LogP contribution in [-0.2, 0) is 12.8 Å². The van der Waals surface area contributed by atoms with E-state index in [0.717, 1.165) is 168 Å². The number of aryl methyl sites for hydroxylation is 8. The van der Waals surface area contributed by atoms with Crippen molar-refractivity contribution in [2.24, 2.45) is 0 Å². The molecule has 6 nitrogen and oxygen atoms in total. The van der Waals surface area contributed by atoms with E-state index < -0.39 is 0 Å². The second kappa shape index (κ2) is 25.3. The van der Waals surface area contributed by atoms with Crippen LogP contribution >= 0.6 is 0 Å². The first-order chi connectivity index (χ1) is 50.0. The van der Waals surface area contributed by atoms with Gasteiger partial charge >= 0.3 is 0 Å². The van der Waals surface area contributed by atoms with Crippen molar-refractivity contribution < 1.29 is 8.83 Å². The van der Waals surface area contributed by atoms with Crippen molar-refractivity contribution >= 4 is 155 Å². The lowest BCUT2D eigenvalue weighted by atomic mass is 9.98. The van der Waals surface area contributed by atoms with Gasteiger partial charge in [0.05, 0.1) is 22.7 Å². The Bertz CT molecular complexity index is 6320. The number of hydrogen-bond acceptors (Lipinski definition) is 6. The van der Waals surface area contributed by atoms with Gasteiger partial charge in [-0.1, -0.05) is 217 Å². The first kappa shape index (κ1) is 61.7. The standard InChI is InChI=1S/C96H74N4O2/c1-61-43-49-69(50-44-61)97(71-29-19-23-63(3)53-71)89-57-83-84-58-90(76-34-10-14-38-80(76)94(84)101-93(83)79-37-13-9-33-75(79)89)98(70-51-45-62(2)46-52-70)73-31-21-27-67(55-73)47-48-68-28-22-32-74(56-68)100(88-42-18-8-26-66(88)6)92-60-86-85-59-91(99(72-30-20-24-64(4)54-72)87-41-17-7-25-65(87)5)77-35-11-15-39-81(77)95(85)102-96(86)82-40-16-12-36-78(82)92/h7-46,49-60H,47-48H2,1-6H3. The van der Waals surface area contributed by atoms with E-state index in [0.29, 0.717) is 0 Å². The monoisotopic (exact) mass is 1310 g/mol. The van der Waals surface area contributed by atoms with Gasteiger partial charge < -0.3 is 28.4 Å². The largest absolute Gasteiger partial charge is 0.455 e. The number of furan rings is 2. The average molecular weight is 1320 g/mol. The molecule has 2 aromatic heterocycles. The Kier molecular flexibility index (Phi) is 15.3. The van der Waals surface area contributed by atoms with Crippen LogP contribution in [0.25, 0.3) is 87.0 Å². The molecule has 0 aliphatic carbocycles. The molecule has 0 saturated carbocycles. The third-order valence-electron chi connectivity index (χ3n) is 20.7. The van der Waals surface area contributed by atoms with E-state index in [4.69, 9.17) is 8.83 Å². The molecule has 0 unspecified atom stereocenters. The maximum Gasteiger partial charge on any atom is 0.143 e. The van der Waals surface area contributed by atoms with Crippen molar-refractivity contribution in [3.05, 3.63) is 360 Å². The molecule has 0 bridgehead atoms. The fraction of sp³-hybridized carbons (Fsp3) is 0.0833. The van der Waals surface area contributed by atoms with E-state index in [1.54, 1.807) is 0 Å². The molecule has 2 heterocycles. The Balaban J connectivity index is 0.750. The first-order valence-electron chi connectivity index (χ1n) is 35.4. The molecule has 18 rings (SSSR count). The zero-order valence-electron chi connectivity index (χ0n) is 58.0. The van der Waals surface area contributed by atoms with E-state index in [-0.39, 0.29) is 0 Å². The number of anilines is 12. The minimum atomic E-state index is 0.818. The number of rotatable bonds is 15. The van der Waals surface area contributed by atoms with Crippen LogP contribution in [0.1, 0.15) is 44.5 Å². The van der Waals surface area contributed by atoms with Crippen molar-refractivity contribution in [1.29, 1.82) is 0 Å². The smallest absolute Gasteiger partial charge is 0.143 e. The van der Waals surface area contributed by atoms with E-state index in [9.17, 15) is 0 Å². The molecule has 0 spiro atoms. The molecule has 16 aromatic carbocycles. The highest BCUT2D eigenvalue weighted by Gasteiger charge is 2.28. The van der Waals surface area contributed by atoms with Gasteiger partial charge in [0.1, 0.15) is 22.3 Å². The summed E-state index contributed by atoms with van der Waals surface area (Å²) in [5.74, 6) is 0. The molecule has 490 valence electrons. The van der Waals surface area contributed by atoms with Crippen molar-refractivity contribution in [3.8, 4) is 0 Å². The van der Waals surface area contributed by atoms with Crippen LogP contribution < -0.4 is 19.6 Å². The summed E-state index contributed by atoms with van der Waals surface area (Å²) in [5.41, 5.74) is 26.3. The summed E-state index contributed by atoms with van der Waals surface area (Å²) in [7, 11) is 0. The van der Waals surface area contributed by atoms with Crippen molar-refractivity contribution in [2.75, 3.05) is 19.6 Å². The molecule has 0 radical (unpaired) electrons.